The van der Waals surface area contributed by atoms with Crippen molar-refractivity contribution < 1.29 is 0 Å². The highest BCUT2D eigenvalue weighted by Crippen LogP contribution is 2.28. The van der Waals surface area contributed by atoms with Crippen LogP contribution in [0.4, 0.5) is 5.13 Å². The number of thiazole rings is 1. The predicted octanol–water partition coefficient (Wildman–Crippen LogP) is 5.08. The van der Waals surface area contributed by atoms with Gasteiger partial charge in [-0.1, -0.05) is 40.2 Å². The summed E-state index contributed by atoms with van der Waals surface area (Å²) in [5.74, 6) is 0. The molecule has 6 heteroatoms. The van der Waals surface area contributed by atoms with Gasteiger partial charge in [0.1, 0.15) is 0 Å². The molecule has 0 aliphatic heterocycles. The third-order valence-corrected chi connectivity index (χ3v) is 4.91. The number of nitrogens with one attached hydrogen (secondary N) is 1. The lowest BCUT2D eigenvalue weighted by atomic mass is 10.2. The maximum Gasteiger partial charge on any atom is 0.203 e. The second kappa shape index (κ2) is 6.30. The topological polar surface area (TPSA) is 37.3 Å². The molecule has 2 aromatic heterocycles. The maximum absolute atomic E-state index is 4.50. The fraction of sp³-hybridized carbons (Fsp3) is 0. The second-order valence-corrected chi connectivity index (χ2v) is 6.57. The first-order chi connectivity index (χ1) is 9.83. The number of anilines is 1. The van der Waals surface area contributed by atoms with E-state index in [0.29, 0.717) is 0 Å². The van der Waals surface area contributed by atoms with Crippen LogP contribution in [0.25, 0.3) is 10.6 Å². The van der Waals surface area contributed by atoms with E-state index in [1.54, 1.807) is 28.9 Å². The average molecular weight is 364 g/mol. The number of halogens is 1. The Balaban J connectivity index is 1.69. The Morgan fingerprint density at radius 2 is 2.05 bits per heavy atom. The van der Waals surface area contributed by atoms with Crippen molar-refractivity contribution in [2.24, 2.45) is 5.10 Å². The van der Waals surface area contributed by atoms with E-state index < -0.39 is 0 Å². The summed E-state index contributed by atoms with van der Waals surface area (Å²) in [5, 5.41) is 9.08. The SMILES string of the molecule is Brc1ccccc1/C=N\Nc1nc(-c2cccs2)cs1. The molecule has 100 valence electrons. The smallest absolute Gasteiger partial charge is 0.203 e. The first-order valence-corrected chi connectivity index (χ1v) is 8.41. The highest BCUT2D eigenvalue weighted by atomic mass is 79.9. The molecule has 0 spiro atoms. The van der Waals surface area contributed by atoms with Crippen LogP contribution in [0, 0.1) is 0 Å². The van der Waals surface area contributed by atoms with Crippen LogP contribution in [0.3, 0.4) is 0 Å². The van der Waals surface area contributed by atoms with Crippen LogP contribution in [-0.2, 0) is 0 Å². The molecule has 0 saturated carbocycles. The Hall–Kier alpha value is -1.50. The van der Waals surface area contributed by atoms with E-state index >= 15 is 0 Å². The number of hydrogen-bond acceptors (Lipinski definition) is 5. The number of hydrogen-bond donors (Lipinski definition) is 1. The fourth-order valence-corrected chi connectivity index (χ4v) is 3.41. The minimum Gasteiger partial charge on any atom is -0.253 e. The third kappa shape index (κ3) is 3.15. The molecule has 0 saturated heterocycles. The van der Waals surface area contributed by atoms with Crippen molar-refractivity contribution in [1.82, 2.24) is 4.98 Å². The van der Waals surface area contributed by atoms with E-state index in [4.69, 9.17) is 0 Å². The highest BCUT2D eigenvalue weighted by Gasteiger charge is 2.04. The van der Waals surface area contributed by atoms with Crippen molar-refractivity contribution in [3.63, 3.8) is 0 Å². The number of rotatable bonds is 4. The van der Waals surface area contributed by atoms with Gasteiger partial charge in [-0.15, -0.1) is 22.7 Å². The lowest BCUT2D eigenvalue weighted by Crippen LogP contribution is -1.90. The van der Waals surface area contributed by atoms with Crippen molar-refractivity contribution in [1.29, 1.82) is 0 Å². The zero-order valence-corrected chi connectivity index (χ0v) is 13.5. The van der Waals surface area contributed by atoms with Crippen LogP contribution in [0.2, 0.25) is 0 Å². The zero-order chi connectivity index (χ0) is 13.8. The van der Waals surface area contributed by atoms with Crippen molar-refractivity contribution >= 4 is 49.9 Å². The molecule has 0 amide bonds. The minimum absolute atomic E-state index is 0.789. The summed E-state index contributed by atoms with van der Waals surface area (Å²) in [6.45, 7) is 0. The van der Waals surface area contributed by atoms with E-state index in [-0.39, 0.29) is 0 Å². The van der Waals surface area contributed by atoms with E-state index in [0.717, 1.165) is 20.9 Å². The molecule has 0 bridgehead atoms. The Bertz CT molecular complexity index is 720. The largest absolute Gasteiger partial charge is 0.253 e. The fourth-order valence-electron chi connectivity index (χ4n) is 1.60. The van der Waals surface area contributed by atoms with E-state index in [1.807, 2.05) is 41.1 Å². The lowest BCUT2D eigenvalue weighted by Gasteiger charge is -1.96. The number of nitrogens with zero attached hydrogens (tertiary/aromatic N) is 2. The highest BCUT2D eigenvalue weighted by molar-refractivity contribution is 9.10. The molecule has 3 rings (SSSR count). The molecule has 0 atom stereocenters. The standard InChI is InChI=1S/C14H10BrN3S2/c15-11-5-2-1-4-10(11)8-16-18-14-17-12(9-20-14)13-6-3-7-19-13/h1-9H,(H,17,18)/b16-8-. The first kappa shape index (κ1) is 13.5. The summed E-state index contributed by atoms with van der Waals surface area (Å²) in [7, 11) is 0. The maximum atomic E-state index is 4.50. The molecule has 0 fully saturated rings. The van der Waals surface area contributed by atoms with Crippen LogP contribution < -0.4 is 5.43 Å². The molecule has 3 nitrogen and oxygen atoms in total. The monoisotopic (exact) mass is 363 g/mol. The number of aromatic nitrogens is 1. The molecule has 0 aliphatic rings. The van der Waals surface area contributed by atoms with Gasteiger partial charge in [0.05, 0.1) is 16.8 Å². The molecule has 0 aliphatic carbocycles. The summed E-state index contributed by atoms with van der Waals surface area (Å²) < 4.78 is 1.02. The average Bonchev–Trinajstić information content (AvgIpc) is 3.11. The van der Waals surface area contributed by atoms with Crippen LogP contribution in [-0.4, -0.2) is 11.2 Å². The van der Waals surface area contributed by atoms with Crippen LogP contribution >= 0.6 is 38.6 Å². The molecule has 3 aromatic rings. The lowest BCUT2D eigenvalue weighted by molar-refractivity contribution is 1.29. The zero-order valence-electron chi connectivity index (χ0n) is 10.3. The number of thiophene rings is 1. The quantitative estimate of drug-likeness (QED) is 0.518. The summed E-state index contributed by atoms with van der Waals surface area (Å²) >= 11 is 6.71. The van der Waals surface area contributed by atoms with Crippen molar-refractivity contribution in [3.8, 4) is 10.6 Å². The summed E-state index contributed by atoms with van der Waals surface area (Å²) in [6, 6.07) is 12.0. The molecule has 1 N–H and O–H groups in total. The Morgan fingerprint density at radius 1 is 1.15 bits per heavy atom. The van der Waals surface area contributed by atoms with E-state index in [2.05, 4.69) is 37.5 Å². The summed E-state index contributed by atoms with van der Waals surface area (Å²) in [6.07, 6.45) is 1.77. The van der Waals surface area contributed by atoms with Crippen molar-refractivity contribution in [2.45, 2.75) is 0 Å². The van der Waals surface area contributed by atoms with Crippen LogP contribution in [0.1, 0.15) is 5.56 Å². The minimum atomic E-state index is 0.789. The van der Waals surface area contributed by atoms with Gasteiger partial charge in [0.25, 0.3) is 0 Å². The van der Waals surface area contributed by atoms with Gasteiger partial charge in [0.2, 0.25) is 5.13 Å². The van der Waals surface area contributed by atoms with Gasteiger partial charge in [-0.05, 0) is 17.5 Å². The summed E-state index contributed by atoms with van der Waals surface area (Å²) in [4.78, 5) is 5.67. The molecule has 0 radical (unpaired) electrons. The molecule has 0 unspecified atom stereocenters. The molecular weight excluding hydrogens is 354 g/mol. The van der Waals surface area contributed by atoms with Crippen LogP contribution in [0.5, 0.6) is 0 Å². The third-order valence-electron chi connectivity index (χ3n) is 2.55. The Kier molecular flexibility index (Phi) is 4.25. The van der Waals surface area contributed by atoms with Gasteiger partial charge in [-0.25, -0.2) is 4.98 Å². The Labute approximate surface area is 133 Å². The van der Waals surface area contributed by atoms with Gasteiger partial charge in [0, 0.05) is 15.4 Å². The van der Waals surface area contributed by atoms with Gasteiger partial charge in [0.15, 0.2) is 0 Å². The second-order valence-electron chi connectivity index (χ2n) is 3.91. The molecule has 1 aromatic carbocycles. The molecule has 20 heavy (non-hydrogen) atoms. The van der Waals surface area contributed by atoms with Gasteiger partial charge in [-0.2, -0.15) is 5.10 Å². The van der Waals surface area contributed by atoms with Gasteiger partial charge in [-0.3, -0.25) is 5.43 Å². The number of hydrazone groups is 1. The summed E-state index contributed by atoms with van der Waals surface area (Å²) in [5.41, 5.74) is 4.98. The normalized spacial score (nSPS) is 11.1. The van der Waals surface area contributed by atoms with Crippen molar-refractivity contribution in [2.75, 3.05) is 5.43 Å². The first-order valence-electron chi connectivity index (χ1n) is 5.86. The predicted molar refractivity (Wildman–Crippen MR) is 90.8 cm³/mol. The van der Waals surface area contributed by atoms with E-state index in [9.17, 15) is 0 Å². The molecule has 2 heterocycles. The Morgan fingerprint density at radius 3 is 2.85 bits per heavy atom. The van der Waals surface area contributed by atoms with E-state index in [1.165, 1.54) is 4.88 Å². The van der Waals surface area contributed by atoms with Crippen molar-refractivity contribution in [3.05, 3.63) is 57.2 Å². The van der Waals surface area contributed by atoms with Gasteiger partial charge >= 0.3 is 0 Å². The van der Waals surface area contributed by atoms with Gasteiger partial charge < -0.3 is 0 Å². The van der Waals surface area contributed by atoms with Crippen LogP contribution in [0.15, 0.2) is 56.7 Å². The number of benzene rings is 1. The molecular formula is C14H10BrN3S2.